The number of hydrogen-bond acceptors (Lipinski definition) is 4. The van der Waals surface area contributed by atoms with Crippen LogP contribution >= 0.6 is 0 Å². The van der Waals surface area contributed by atoms with Crippen molar-refractivity contribution in [1.82, 2.24) is 0 Å². The molecule has 0 saturated heterocycles. The predicted octanol–water partition coefficient (Wildman–Crippen LogP) is 5.14. The van der Waals surface area contributed by atoms with Gasteiger partial charge in [0.2, 0.25) is 0 Å². The van der Waals surface area contributed by atoms with Crippen molar-refractivity contribution in [2.24, 2.45) is 4.99 Å². The van der Waals surface area contributed by atoms with Gasteiger partial charge in [0.1, 0.15) is 5.75 Å². The Kier molecular flexibility index (Phi) is 6.86. The second kappa shape index (κ2) is 9.74. The quantitative estimate of drug-likeness (QED) is 0.558. The maximum Gasteiger partial charge on any atom is 0.262 e. The van der Waals surface area contributed by atoms with E-state index in [1.165, 1.54) is 5.56 Å². The summed E-state index contributed by atoms with van der Waals surface area (Å²) in [5.41, 5.74) is 6.00. The molecule has 154 valence electrons. The molecule has 0 heterocycles. The van der Waals surface area contributed by atoms with Crippen LogP contribution in [0.15, 0.2) is 71.7 Å². The van der Waals surface area contributed by atoms with Crippen LogP contribution in [0.5, 0.6) is 5.75 Å². The number of ether oxygens (including phenoxy) is 1. The van der Waals surface area contributed by atoms with E-state index in [0.29, 0.717) is 5.75 Å². The first kappa shape index (κ1) is 21.1. The van der Waals surface area contributed by atoms with Crippen molar-refractivity contribution in [2.75, 3.05) is 30.9 Å². The van der Waals surface area contributed by atoms with Crippen LogP contribution in [0.1, 0.15) is 16.7 Å². The fourth-order valence-electron chi connectivity index (χ4n) is 2.84. The van der Waals surface area contributed by atoms with Crippen LogP contribution in [0.4, 0.5) is 17.1 Å². The average Bonchev–Trinajstić information content (AvgIpc) is 2.74. The minimum absolute atomic E-state index is 0.0560. The number of nitrogens with one attached hydrogen (secondary N) is 1. The number of benzene rings is 3. The predicted molar refractivity (Wildman–Crippen MR) is 125 cm³/mol. The molecule has 5 nitrogen and oxygen atoms in total. The first-order valence-electron chi connectivity index (χ1n) is 9.82. The number of hydrogen-bond donors (Lipinski definition) is 1. The van der Waals surface area contributed by atoms with E-state index in [2.05, 4.69) is 10.3 Å². The van der Waals surface area contributed by atoms with E-state index >= 15 is 0 Å². The van der Waals surface area contributed by atoms with Gasteiger partial charge in [-0.1, -0.05) is 18.2 Å². The normalized spacial score (nSPS) is 10.8. The highest BCUT2D eigenvalue weighted by Crippen LogP contribution is 2.19. The summed E-state index contributed by atoms with van der Waals surface area (Å²) in [5, 5.41) is 2.86. The fraction of sp³-hybridized carbons (Fsp3) is 0.200. The molecule has 1 N–H and O–H groups in total. The Balaban J connectivity index is 1.57. The Bertz CT molecular complexity index is 1040. The third kappa shape index (κ3) is 5.95. The van der Waals surface area contributed by atoms with Gasteiger partial charge < -0.3 is 15.0 Å². The lowest BCUT2D eigenvalue weighted by atomic mass is 10.1. The first-order valence-corrected chi connectivity index (χ1v) is 9.82. The first-order chi connectivity index (χ1) is 14.4. The maximum atomic E-state index is 12.2. The molecule has 0 bridgehead atoms. The molecular formula is C25H27N3O2. The third-order valence-electron chi connectivity index (χ3n) is 4.75. The second-order valence-electron chi connectivity index (χ2n) is 7.38. The molecule has 3 aromatic carbocycles. The molecule has 0 aliphatic heterocycles. The summed E-state index contributed by atoms with van der Waals surface area (Å²) < 4.78 is 5.65. The molecule has 0 aromatic heterocycles. The second-order valence-corrected chi connectivity index (χ2v) is 7.38. The highest BCUT2D eigenvalue weighted by atomic mass is 16.5. The van der Waals surface area contributed by atoms with Crippen LogP contribution in [0.2, 0.25) is 0 Å². The summed E-state index contributed by atoms with van der Waals surface area (Å²) in [4.78, 5) is 18.7. The Hall–Kier alpha value is -3.60. The molecule has 3 aromatic rings. The molecular weight excluding hydrogens is 374 g/mol. The van der Waals surface area contributed by atoms with Gasteiger partial charge in [0.25, 0.3) is 5.91 Å². The van der Waals surface area contributed by atoms with E-state index < -0.39 is 0 Å². The van der Waals surface area contributed by atoms with Crippen molar-refractivity contribution >= 4 is 29.2 Å². The smallest absolute Gasteiger partial charge is 0.262 e. The molecule has 5 heteroatoms. The molecule has 0 atom stereocenters. The van der Waals surface area contributed by atoms with Crippen LogP contribution in [0.25, 0.3) is 0 Å². The summed E-state index contributed by atoms with van der Waals surface area (Å²) in [6.07, 6.45) is 1.78. The van der Waals surface area contributed by atoms with Gasteiger partial charge in [-0.05, 0) is 79.1 Å². The van der Waals surface area contributed by atoms with E-state index in [1.54, 1.807) is 6.21 Å². The van der Waals surface area contributed by atoms with E-state index in [-0.39, 0.29) is 12.5 Å². The Morgan fingerprint density at radius 1 is 1.00 bits per heavy atom. The number of rotatable bonds is 7. The van der Waals surface area contributed by atoms with Gasteiger partial charge in [-0.3, -0.25) is 9.79 Å². The van der Waals surface area contributed by atoms with Crippen molar-refractivity contribution in [3.63, 3.8) is 0 Å². The Morgan fingerprint density at radius 3 is 2.47 bits per heavy atom. The lowest BCUT2D eigenvalue weighted by molar-refractivity contribution is -0.118. The van der Waals surface area contributed by atoms with E-state index in [0.717, 1.165) is 28.2 Å². The van der Waals surface area contributed by atoms with E-state index in [4.69, 9.17) is 4.74 Å². The fourth-order valence-corrected chi connectivity index (χ4v) is 2.84. The van der Waals surface area contributed by atoms with Crippen LogP contribution in [-0.2, 0) is 4.79 Å². The average molecular weight is 402 g/mol. The van der Waals surface area contributed by atoms with E-state index in [1.807, 2.05) is 99.6 Å². The number of aryl methyl sites for hydroxylation is 2. The number of aliphatic imine (C=N–C) groups is 1. The van der Waals surface area contributed by atoms with Crippen molar-refractivity contribution in [2.45, 2.75) is 13.8 Å². The van der Waals surface area contributed by atoms with Gasteiger partial charge >= 0.3 is 0 Å². The monoisotopic (exact) mass is 401 g/mol. The standard InChI is InChI=1S/C25H27N3O2/c1-18-8-9-22(14-19(18)2)27-25(29)17-30-24-7-5-6-20(15-24)16-26-21-10-12-23(13-11-21)28(3)4/h5-16H,17H2,1-4H3,(H,27,29). The molecule has 3 rings (SSSR count). The summed E-state index contributed by atoms with van der Waals surface area (Å²) in [6, 6.07) is 21.4. The van der Waals surface area contributed by atoms with Gasteiger partial charge in [0.05, 0.1) is 5.69 Å². The maximum absolute atomic E-state index is 12.2. The molecule has 30 heavy (non-hydrogen) atoms. The zero-order valence-corrected chi connectivity index (χ0v) is 17.8. The van der Waals surface area contributed by atoms with Gasteiger partial charge in [0.15, 0.2) is 6.61 Å². The Morgan fingerprint density at radius 2 is 1.77 bits per heavy atom. The molecule has 0 aliphatic carbocycles. The molecule has 1 amide bonds. The topological polar surface area (TPSA) is 53.9 Å². The van der Waals surface area contributed by atoms with Crippen molar-refractivity contribution in [3.8, 4) is 5.75 Å². The van der Waals surface area contributed by atoms with Crippen LogP contribution in [0, 0.1) is 13.8 Å². The van der Waals surface area contributed by atoms with Crippen LogP contribution in [-0.4, -0.2) is 32.8 Å². The number of carbonyl (C=O) groups is 1. The molecule has 0 aliphatic rings. The zero-order valence-electron chi connectivity index (χ0n) is 17.8. The highest BCUT2D eigenvalue weighted by Gasteiger charge is 2.05. The molecule has 0 unspecified atom stereocenters. The zero-order chi connectivity index (χ0) is 21.5. The third-order valence-corrected chi connectivity index (χ3v) is 4.75. The largest absolute Gasteiger partial charge is 0.484 e. The summed E-state index contributed by atoms with van der Waals surface area (Å²) >= 11 is 0. The molecule has 0 radical (unpaired) electrons. The van der Waals surface area contributed by atoms with Crippen molar-refractivity contribution < 1.29 is 9.53 Å². The van der Waals surface area contributed by atoms with E-state index in [9.17, 15) is 4.79 Å². The lowest BCUT2D eigenvalue weighted by Gasteiger charge is -2.11. The summed E-state index contributed by atoms with van der Waals surface area (Å²) in [6.45, 7) is 4.00. The van der Waals surface area contributed by atoms with Crippen molar-refractivity contribution in [1.29, 1.82) is 0 Å². The van der Waals surface area contributed by atoms with Gasteiger partial charge in [-0.2, -0.15) is 0 Å². The molecule has 0 saturated carbocycles. The number of amides is 1. The molecule has 0 fully saturated rings. The van der Waals surface area contributed by atoms with Crippen LogP contribution < -0.4 is 15.0 Å². The molecule has 0 spiro atoms. The SMILES string of the molecule is Cc1ccc(NC(=O)COc2cccc(C=Nc3ccc(N(C)C)cc3)c2)cc1C. The summed E-state index contributed by atoms with van der Waals surface area (Å²) in [7, 11) is 4.01. The lowest BCUT2D eigenvalue weighted by Crippen LogP contribution is -2.20. The number of carbonyl (C=O) groups excluding carboxylic acids is 1. The van der Waals surface area contributed by atoms with Gasteiger partial charge in [0, 0.05) is 31.7 Å². The van der Waals surface area contributed by atoms with Crippen LogP contribution in [0.3, 0.4) is 0 Å². The number of anilines is 2. The Labute approximate surface area is 178 Å². The minimum atomic E-state index is -0.196. The highest BCUT2D eigenvalue weighted by molar-refractivity contribution is 5.92. The number of nitrogens with zero attached hydrogens (tertiary/aromatic N) is 2. The summed E-state index contributed by atoms with van der Waals surface area (Å²) in [5.74, 6) is 0.426. The minimum Gasteiger partial charge on any atom is -0.484 e. The van der Waals surface area contributed by atoms with Gasteiger partial charge in [-0.25, -0.2) is 0 Å². The van der Waals surface area contributed by atoms with Crippen molar-refractivity contribution in [3.05, 3.63) is 83.4 Å². The van der Waals surface area contributed by atoms with Gasteiger partial charge in [-0.15, -0.1) is 0 Å².